The number of esters is 1. The number of hydrogen-bond donors (Lipinski definition) is 0. The van der Waals surface area contributed by atoms with Gasteiger partial charge in [0.15, 0.2) is 0 Å². The molecule has 0 atom stereocenters. The van der Waals surface area contributed by atoms with Crippen LogP contribution in [-0.4, -0.2) is 36.0 Å². The number of rotatable bonds is 4. The predicted molar refractivity (Wildman–Crippen MR) is 76.5 cm³/mol. The highest BCUT2D eigenvalue weighted by atomic mass is 32.1. The normalized spacial score (nSPS) is 11.2. The Morgan fingerprint density at radius 1 is 1.37 bits per heavy atom. The number of carbonyl (C=O) groups excluding carboxylic acids is 2. The van der Waals surface area contributed by atoms with Gasteiger partial charge in [0.2, 0.25) is 0 Å². The number of thiophene rings is 1. The molecule has 1 aromatic rings. The van der Waals surface area contributed by atoms with E-state index in [0.717, 1.165) is 12.0 Å². The van der Waals surface area contributed by atoms with Crippen LogP contribution >= 0.6 is 11.3 Å². The van der Waals surface area contributed by atoms with Gasteiger partial charge in [-0.15, -0.1) is 11.3 Å². The van der Waals surface area contributed by atoms with Crippen molar-refractivity contribution < 1.29 is 14.3 Å². The zero-order valence-electron chi connectivity index (χ0n) is 12.1. The van der Waals surface area contributed by atoms with Crippen molar-refractivity contribution in [2.24, 2.45) is 0 Å². The summed E-state index contributed by atoms with van der Waals surface area (Å²) < 4.78 is 5.20. The zero-order chi connectivity index (χ0) is 14.6. The maximum atomic E-state index is 12.2. The van der Waals surface area contributed by atoms with Crippen LogP contribution in [0.3, 0.4) is 0 Å². The molecule has 0 bridgehead atoms. The van der Waals surface area contributed by atoms with Crippen LogP contribution in [-0.2, 0) is 16.0 Å². The Bertz CT molecular complexity index is 460. The Morgan fingerprint density at radius 2 is 2.00 bits per heavy atom. The predicted octanol–water partition coefficient (Wildman–Crippen LogP) is 2.72. The van der Waals surface area contributed by atoms with Crippen LogP contribution in [0.25, 0.3) is 0 Å². The summed E-state index contributed by atoms with van der Waals surface area (Å²) in [5, 5.41) is 1.90. The van der Waals surface area contributed by atoms with Gasteiger partial charge in [-0.2, -0.15) is 0 Å². The first-order valence-electron chi connectivity index (χ1n) is 6.28. The molecule has 4 nitrogen and oxygen atoms in total. The quantitative estimate of drug-likeness (QED) is 0.798. The van der Waals surface area contributed by atoms with E-state index in [2.05, 4.69) is 0 Å². The minimum Gasteiger partial charge on any atom is -0.459 e. The summed E-state index contributed by atoms with van der Waals surface area (Å²) in [7, 11) is 1.62. The average molecular weight is 283 g/mol. The lowest BCUT2D eigenvalue weighted by molar-refractivity contribution is -0.155. The maximum Gasteiger partial charge on any atom is 0.326 e. The molecule has 0 N–H and O–H groups in total. The van der Waals surface area contributed by atoms with Gasteiger partial charge in [0, 0.05) is 7.05 Å². The van der Waals surface area contributed by atoms with Gasteiger partial charge in [-0.05, 0) is 44.2 Å². The van der Waals surface area contributed by atoms with Gasteiger partial charge in [0.1, 0.15) is 12.1 Å². The first kappa shape index (κ1) is 15.7. The van der Waals surface area contributed by atoms with Crippen LogP contribution in [0.15, 0.2) is 11.4 Å². The first-order valence-corrected chi connectivity index (χ1v) is 7.16. The second-order valence-corrected chi connectivity index (χ2v) is 6.29. The SMILES string of the molecule is CCc1ccsc1C(=O)N(C)CC(=O)OC(C)(C)C. The molecule has 0 saturated carbocycles. The Kier molecular flexibility index (Phi) is 5.11. The minimum atomic E-state index is -0.529. The summed E-state index contributed by atoms with van der Waals surface area (Å²) in [4.78, 5) is 26.0. The molecule has 0 aliphatic carbocycles. The number of likely N-dealkylation sites (N-methyl/N-ethyl adjacent to an activating group) is 1. The summed E-state index contributed by atoms with van der Waals surface area (Å²) in [6.07, 6.45) is 0.810. The van der Waals surface area contributed by atoms with E-state index in [0.29, 0.717) is 4.88 Å². The highest BCUT2D eigenvalue weighted by Crippen LogP contribution is 2.19. The summed E-state index contributed by atoms with van der Waals surface area (Å²) in [6, 6.07) is 1.94. The summed E-state index contributed by atoms with van der Waals surface area (Å²) in [5.41, 5.74) is 0.490. The fourth-order valence-electron chi connectivity index (χ4n) is 1.61. The molecule has 1 heterocycles. The average Bonchev–Trinajstić information content (AvgIpc) is 2.72. The van der Waals surface area contributed by atoms with Crippen molar-refractivity contribution in [2.75, 3.05) is 13.6 Å². The Balaban J connectivity index is 2.66. The highest BCUT2D eigenvalue weighted by molar-refractivity contribution is 7.12. The van der Waals surface area contributed by atoms with Crippen molar-refractivity contribution in [1.82, 2.24) is 4.90 Å². The third kappa shape index (κ3) is 4.67. The van der Waals surface area contributed by atoms with Crippen LogP contribution in [0.1, 0.15) is 42.9 Å². The van der Waals surface area contributed by atoms with Gasteiger partial charge in [-0.25, -0.2) is 0 Å². The van der Waals surface area contributed by atoms with Gasteiger partial charge < -0.3 is 9.64 Å². The van der Waals surface area contributed by atoms with E-state index < -0.39 is 11.6 Å². The maximum absolute atomic E-state index is 12.2. The molecule has 0 fully saturated rings. The molecule has 5 heteroatoms. The van der Waals surface area contributed by atoms with Crippen LogP contribution in [0.2, 0.25) is 0 Å². The lowest BCUT2D eigenvalue weighted by atomic mass is 10.2. The molecular weight excluding hydrogens is 262 g/mol. The summed E-state index contributed by atoms with van der Waals surface area (Å²) in [5.74, 6) is -0.518. The first-order chi connectivity index (χ1) is 8.74. The highest BCUT2D eigenvalue weighted by Gasteiger charge is 2.22. The van der Waals surface area contributed by atoms with Crippen LogP contribution in [0.5, 0.6) is 0 Å². The molecule has 0 aliphatic rings. The second-order valence-electron chi connectivity index (χ2n) is 5.38. The lowest BCUT2D eigenvalue weighted by Crippen LogP contribution is -2.36. The molecule has 1 amide bonds. The van der Waals surface area contributed by atoms with Crippen molar-refractivity contribution in [3.63, 3.8) is 0 Å². The van der Waals surface area contributed by atoms with Crippen LogP contribution in [0, 0.1) is 0 Å². The van der Waals surface area contributed by atoms with Crippen molar-refractivity contribution in [2.45, 2.75) is 39.7 Å². The van der Waals surface area contributed by atoms with E-state index in [9.17, 15) is 9.59 Å². The van der Waals surface area contributed by atoms with Gasteiger partial charge in [0.25, 0.3) is 5.91 Å². The smallest absolute Gasteiger partial charge is 0.326 e. The van der Waals surface area contributed by atoms with Crippen molar-refractivity contribution >= 4 is 23.2 Å². The molecule has 0 radical (unpaired) electrons. The largest absolute Gasteiger partial charge is 0.459 e. The molecule has 1 rings (SSSR count). The van der Waals surface area contributed by atoms with E-state index in [-0.39, 0.29) is 12.5 Å². The van der Waals surface area contributed by atoms with E-state index in [4.69, 9.17) is 4.74 Å². The fraction of sp³-hybridized carbons (Fsp3) is 0.571. The Hall–Kier alpha value is -1.36. The second kappa shape index (κ2) is 6.19. The molecule has 0 unspecified atom stereocenters. The molecule has 19 heavy (non-hydrogen) atoms. The fourth-order valence-corrected chi connectivity index (χ4v) is 2.60. The van der Waals surface area contributed by atoms with E-state index in [1.54, 1.807) is 27.8 Å². The van der Waals surface area contributed by atoms with Crippen molar-refractivity contribution in [3.05, 3.63) is 21.9 Å². The topological polar surface area (TPSA) is 46.6 Å². The number of aryl methyl sites for hydroxylation is 1. The number of amides is 1. The van der Waals surface area contributed by atoms with E-state index in [1.165, 1.54) is 16.2 Å². The van der Waals surface area contributed by atoms with Gasteiger partial charge in [-0.3, -0.25) is 9.59 Å². The van der Waals surface area contributed by atoms with Crippen LogP contribution < -0.4 is 0 Å². The molecule has 0 aromatic carbocycles. The number of ether oxygens (including phenoxy) is 1. The molecular formula is C14H21NO3S. The molecule has 106 valence electrons. The Labute approximate surface area is 118 Å². The monoisotopic (exact) mass is 283 g/mol. The third-order valence-corrected chi connectivity index (χ3v) is 3.40. The number of hydrogen-bond acceptors (Lipinski definition) is 4. The van der Waals surface area contributed by atoms with Gasteiger partial charge in [-0.1, -0.05) is 6.92 Å². The number of nitrogens with zero attached hydrogens (tertiary/aromatic N) is 1. The van der Waals surface area contributed by atoms with Gasteiger partial charge in [0.05, 0.1) is 4.88 Å². The summed E-state index contributed by atoms with van der Waals surface area (Å²) >= 11 is 1.41. The molecule has 0 aliphatic heterocycles. The zero-order valence-corrected chi connectivity index (χ0v) is 13.0. The van der Waals surface area contributed by atoms with Gasteiger partial charge >= 0.3 is 5.97 Å². The number of carbonyl (C=O) groups is 2. The third-order valence-electron chi connectivity index (χ3n) is 2.45. The summed E-state index contributed by atoms with van der Waals surface area (Å²) in [6.45, 7) is 7.40. The van der Waals surface area contributed by atoms with Crippen LogP contribution in [0.4, 0.5) is 0 Å². The Morgan fingerprint density at radius 3 is 2.53 bits per heavy atom. The molecule has 1 aromatic heterocycles. The van der Waals surface area contributed by atoms with E-state index >= 15 is 0 Å². The lowest BCUT2D eigenvalue weighted by Gasteiger charge is -2.22. The van der Waals surface area contributed by atoms with E-state index in [1.807, 2.05) is 18.4 Å². The van der Waals surface area contributed by atoms with Crippen molar-refractivity contribution in [1.29, 1.82) is 0 Å². The minimum absolute atomic E-state index is 0.0306. The molecule has 0 saturated heterocycles. The molecule has 0 spiro atoms. The standard InChI is InChI=1S/C14H21NO3S/c1-6-10-7-8-19-12(10)13(17)15(5)9-11(16)18-14(2,3)4/h7-8H,6,9H2,1-5H3. The van der Waals surface area contributed by atoms with Crippen molar-refractivity contribution in [3.8, 4) is 0 Å².